The summed E-state index contributed by atoms with van der Waals surface area (Å²) in [5.74, 6) is 1.45. The van der Waals surface area contributed by atoms with Crippen molar-refractivity contribution in [2.75, 3.05) is 26.1 Å². The van der Waals surface area contributed by atoms with Crippen molar-refractivity contribution in [3.05, 3.63) is 52.5 Å². The number of carbonyl (C=O) groups is 1. The molecule has 1 atom stereocenters. The van der Waals surface area contributed by atoms with E-state index in [0.717, 1.165) is 35.5 Å². The van der Waals surface area contributed by atoms with Gasteiger partial charge in [0.2, 0.25) is 0 Å². The molecule has 1 saturated heterocycles. The Hall–Kier alpha value is -2.40. The maximum absolute atomic E-state index is 12.8. The van der Waals surface area contributed by atoms with Crippen LogP contribution in [0.4, 0.5) is 10.5 Å². The van der Waals surface area contributed by atoms with E-state index in [2.05, 4.69) is 5.32 Å². The standard InChI is InChI=1S/C20H23ClN2O3/c1-13-6-9-17(16(21)11-13)22-20(24)23-10-4-5-18(23)15-8-7-14(25-2)12-19(15)26-3/h6-9,11-12,18H,4-5,10H2,1-3H3,(H,22,24). The van der Waals surface area contributed by atoms with Gasteiger partial charge in [0.1, 0.15) is 11.5 Å². The van der Waals surface area contributed by atoms with Crippen molar-refractivity contribution in [1.29, 1.82) is 0 Å². The molecule has 1 aliphatic heterocycles. The van der Waals surface area contributed by atoms with Crippen LogP contribution >= 0.6 is 11.6 Å². The summed E-state index contributed by atoms with van der Waals surface area (Å²) in [6.45, 7) is 2.65. The number of hydrogen-bond acceptors (Lipinski definition) is 3. The number of amides is 2. The van der Waals surface area contributed by atoms with Gasteiger partial charge in [-0.3, -0.25) is 0 Å². The fourth-order valence-electron chi connectivity index (χ4n) is 3.34. The van der Waals surface area contributed by atoms with Crippen LogP contribution < -0.4 is 14.8 Å². The molecule has 0 aromatic heterocycles. The number of nitrogens with zero attached hydrogens (tertiary/aromatic N) is 1. The van der Waals surface area contributed by atoms with Crippen LogP contribution in [0.3, 0.4) is 0 Å². The van der Waals surface area contributed by atoms with Crippen molar-refractivity contribution in [3.8, 4) is 11.5 Å². The molecule has 0 bridgehead atoms. The zero-order chi connectivity index (χ0) is 18.7. The molecule has 5 nitrogen and oxygen atoms in total. The first-order chi connectivity index (χ1) is 12.5. The third kappa shape index (κ3) is 3.73. The van der Waals surface area contributed by atoms with Gasteiger partial charge in [-0.1, -0.05) is 17.7 Å². The second-order valence-electron chi connectivity index (χ2n) is 6.37. The number of hydrogen-bond donors (Lipinski definition) is 1. The number of benzene rings is 2. The maximum atomic E-state index is 12.8. The van der Waals surface area contributed by atoms with Crippen LogP contribution in [0.25, 0.3) is 0 Å². The van der Waals surface area contributed by atoms with Gasteiger partial charge in [0, 0.05) is 18.2 Å². The second-order valence-corrected chi connectivity index (χ2v) is 6.78. The van der Waals surface area contributed by atoms with Crippen molar-refractivity contribution in [2.45, 2.75) is 25.8 Å². The number of aryl methyl sites for hydroxylation is 1. The van der Waals surface area contributed by atoms with Gasteiger partial charge >= 0.3 is 6.03 Å². The summed E-state index contributed by atoms with van der Waals surface area (Å²) < 4.78 is 10.8. The predicted octanol–water partition coefficient (Wildman–Crippen LogP) is 5.03. The number of ether oxygens (including phenoxy) is 2. The minimum absolute atomic E-state index is 0.0416. The van der Waals surface area contributed by atoms with Crippen molar-refractivity contribution in [1.82, 2.24) is 4.90 Å². The van der Waals surface area contributed by atoms with Crippen LogP contribution in [0.1, 0.15) is 30.0 Å². The highest BCUT2D eigenvalue weighted by Gasteiger charge is 2.32. The van der Waals surface area contributed by atoms with E-state index in [-0.39, 0.29) is 12.1 Å². The summed E-state index contributed by atoms with van der Waals surface area (Å²) >= 11 is 6.25. The summed E-state index contributed by atoms with van der Waals surface area (Å²) in [6, 6.07) is 11.1. The second kappa shape index (κ2) is 7.87. The van der Waals surface area contributed by atoms with Gasteiger partial charge in [-0.25, -0.2) is 4.79 Å². The van der Waals surface area contributed by atoms with Gasteiger partial charge in [-0.2, -0.15) is 0 Å². The number of rotatable bonds is 4. The maximum Gasteiger partial charge on any atom is 0.322 e. The molecule has 0 spiro atoms. The highest BCUT2D eigenvalue weighted by molar-refractivity contribution is 6.33. The van der Waals surface area contributed by atoms with Crippen LogP contribution in [-0.4, -0.2) is 31.7 Å². The summed E-state index contributed by atoms with van der Waals surface area (Å²) in [4.78, 5) is 14.7. The fourth-order valence-corrected chi connectivity index (χ4v) is 3.62. The van der Waals surface area contributed by atoms with Crippen LogP contribution in [0.2, 0.25) is 5.02 Å². The van der Waals surface area contributed by atoms with Gasteiger partial charge in [-0.05, 0) is 49.6 Å². The van der Waals surface area contributed by atoms with E-state index < -0.39 is 0 Å². The van der Waals surface area contributed by atoms with Crippen molar-refractivity contribution < 1.29 is 14.3 Å². The molecule has 1 N–H and O–H groups in total. The average Bonchev–Trinajstić information content (AvgIpc) is 3.13. The van der Waals surface area contributed by atoms with Crippen LogP contribution in [0.15, 0.2) is 36.4 Å². The van der Waals surface area contributed by atoms with E-state index in [4.69, 9.17) is 21.1 Å². The molecule has 1 fully saturated rings. The van der Waals surface area contributed by atoms with Gasteiger partial charge < -0.3 is 19.7 Å². The normalized spacial score (nSPS) is 16.5. The van der Waals surface area contributed by atoms with Crippen molar-refractivity contribution in [2.24, 2.45) is 0 Å². The zero-order valence-electron chi connectivity index (χ0n) is 15.2. The molecule has 2 aromatic rings. The monoisotopic (exact) mass is 374 g/mol. The minimum Gasteiger partial charge on any atom is -0.497 e. The summed E-state index contributed by atoms with van der Waals surface area (Å²) in [5, 5.41) is 3.47. The molecule has 2 amide bonds. The Kier molecular flexibility index (Phi) is 5.57. The minimum atomic E-state index is -0.156. The summed E-state index contributed by atoms with van der Waals surface area (Å²) in [7, 11) is 3.25. The third-order valence-electron chi connectivity index (χ3n) is 4.68. The van der Waals surface area contributed by atoms with Crippen molar-refractivity contribution >= 4 is 23.3 Å². The predicted molar refractivity (Wildman–Crippen MR) is 103 cm³/mol. The molecule has 138 valence electrons. The average molecular weight is 375 g/mol. The largest absolute Gasteiger partial charge is 0.497 e. The Balaban J connectivity index is 1.82. The van der Waals surface area contributed by atoms with E-state index in [1.54, 1.807) is 14.2 Å². The number of likely N-dealkylation sites (tertiary alicyclic amines) is 1. The first kappa shape index (κ1) is 18.4. The van der Waals surface area contributed by atoms with E-state index >= 15 is 0 Å². The quantitative estimate of drug-likeness (QED) is 0.816. The number of halogens is 1. The summed E-state index contributed by atoms with van der Waals surface area (Å²) in [6.07, 6.45) is 1.83. The topological polar surface area (TPSA) is 50.8 Å². The first-order valence-corrected chi connectivity index (χ1v) is 8.97. The first-order valence-electron chi connectivity index (χ1n) is 8.59. The smallest absolute Gasteiger partial charge is 0.322 e. The highest BCUT2D eigenvalue weighted by atomic mass is 35.5. The van der Waals surface area contributed by atoms with E-state index in [9.17, 15) is 4.79 Å². The molecule has 26 heavy (non-hydrogen) atoms. The van der Waals surface area contributed by atoms with Gasteiger partial charge in [-0.15, -0.1) is 0 Å². The van der Waals surface area contributed by atoms with E-state index in [1.807, 2.05) is 48.2 Å². The Bertz CT molecular complexity index is 810. The molecular formula is C20H23ClN2O3. The molecular weight excluding hydrogens is 352 g/mol. The van der Waals surface area contributed by atoms with Gasteiger partial charge in [0.05, 0.1) is 31.0 Å². The molecule has 2 aromatic carbocycles. The Morgan fingerprint density at radius 3 is 2.69 bits per heavy atom. The number of nitrogens with one attached hydrogen (secondary N) is 1. The molecule has 1 aliphatic rings. The van der Waals surface area contributed by atoms with Crippen LogP contribution in [0, 0.1) is 6.92 Å². The molecule has 0 saturated carbocycles. The Labute approximate surface area is 158 Å². The van der Waals surface area contributed by atoms with E-state index in [1.165, 1.54) is 0 Å². The molecule has 1 unspecified atom stereocenters. The Morgan fingerprint density at radius 1 is 1.19 bits per heavy atom. The lowest BCUT2D eigenvalue weighted by atomic mass is 10.0. The Morgan fingerprint density at radius 2 is 2.00 bits per heavy atom. The fraction of sp³-hybridized carbons (Fsp3) is 0.350. The van der Waals surface area contributed by atoms with E-state index in [0.29, 0.717) is 17.3 Å². The number of methoxy groups -OCH3 is 2. The highest BCUT2D eigenvalue weighted by Crippen LogP contribution is 2.39. The molecule has 3 rings (SSSR count). The zero-order valence-corrected chi connectivity index (χ0v) is 16.0. The lowest BCUT2D eigenvalue weighted by molar-refractivity contribution is 0.206. The third-order valence-corrected chi connectivity index (χ3v) is 4.99. The van der Waals surface area contributed by atoms with Gasteiger partial charge in [0.25, 0.3) is 0 Å². The molecule has 0 radical (unpaired) electrons. The molecule has 0 aliphatic carbocycles. The van der Waals surface area contributed by atoms with Crippen LogP contribution in [-0.2, 0) is 0 Å². The van der Waals surface area contributed by atoms with Crippen molar-refractivity contribution in [3.63, 3.8) is 0 Å². The number of carbonyl (C=O) groups excluding carboxylic acids is 1. The lowest BCUT2D eigenvalue weighted by Crippen LogP contribution is -2.34. The van der Waals surface area contributed by atoms with Crippen LogP contribution in [0.5, 0.6) is 11.5 Å². The van der Waals surface area contributed by atoms with Gasteiger partial charge in [0.15, 0.2) is 0 Å². The molecule has 6 heteroatoms. The summed E-state index contributed by atoms with van der Waals surface area (Å²) in [5.41, 5.74) is 2.65. The number of anilines is 1. The number of urea groups is 1. The molecule has 1 heterocycles. The SMILES string of the molecule is COc1ccc(C2CCCN2C(=O)Nc2ccc(C)cc2Cl)c(OC)c1. The lowest BCUT2D eigenvalue weighted by Gasteiger charge is -2.27.